The Hall–Kier alpha value is -1.71. The Bertz CT molecular complexity index is 568. The molecule has 0 aromatic carbocycles. The molecule has 0 amide bonds. The van der Waals surface area contributed by atoms with Gasteiger partial charge in [-0.2, -0.15) is 52.7 Å². The summed E-state index contributed by atoms with van der Waals surface area (Å²) in [5, 5.41) is 23.5. The van der Waals surface area contributed by atoms with E-state index in [2.05, 4.69) is 6.58 Å². The second-order valence-corrected chi connectivity index (χ2v) is 5.27. The van der Waals surface area contributed by atoms with E-state index >= 15 is 0 Å². The number of hydrogen-bond donors (Lipinski definition) is 3. The van der Waals surface area contributed by atoms with Crippen molar-refractivity contribution < 1.29 is 72.8 Å². The van der Waals surface area contributed by atoms with E-state index in [-0.39, 0.29) is 5.57 Å². The van der Waals surface area contributed by atoms with Crippen LogP contribution in [0.2, 0.25) is 0 Å². The quantitative estimate of drug-likeness (QED) is 0.315. The lowest BCUT2D eigenvalue weighted by Gasteiger charge is -2.40. The van der Waals surface area contributed by atoms with Crippen molar-refractivity contribution in [3.63, 3.8) is 0 Å². The lowest BCUT2D eigenvalue weighted by atomic mass is 9.91. The van der Waals surface area contributed by atoms with E-state index in [9.17, 15) is 57.5 Å². The topological polar surface area (TPSA) is 77.8 Å². The molecule has 0 aromatic heterocycles. The van der Waals surface area contributed by atoms with E-state index in [4.69, 9.17) is 15.3 Å². The van der Waals surface area contributed by atoms with E-state index in [0.29, 0.717) is 0 Å². The number of rotatable bonds is 7. The average molecular weight is 448 g/mol. The van der Waals surface area contributed by atoms with Crippen LogP contribution in [0.4, 0.5) is 52.7 Å². The normalized spacial score (nSPS) is 14.5. The Kier molecular flexibility index (Phi) is 8.10. The van der Waals surface area contributed by atoms with Crippen LogP contribution in [0.3, 0.4) is 0 Å². The molecule has 0 bridgehead atoms. The van der Waals surface area contributed by atoms with Crippen molar-refractivity contribution in [2.24, 2.45) is 0 Å². The zero-order chi connectivity index (χ0) is 23.7. The Labute approximate surface area is 148 Å². The molecule has 28 heavy (non-hydrogen) atoms. The van der Waals surface area contributed by atoms with Crippen molar-refractivity contribution >= 4 is 5.97 Å². The van der Waals surface area contributed by atoms with Crippen LogP contribution in [0.25, 0.3) is 0 Å². The third kappa shape index (κ3) is 4.64. The van der Waals surface area contributed by atoms with Crippen LogP contribution in [-0.2, 0) is 4.79 Å². The third-order valence-electron chi connectivity index (χ3n) is 2.84. The van der Waals surface area contributed by atoms with Gasteiger partial charge in [-0.1, -0.05) is 6.58 Å². The van der Waals surface area contributed by atoms with Crippen LogP contribution in [0.1, 0.15) is 13.8 Å². The van der Waals surface area contributed by atoms with E-state index in [1.807, 2.05) is 0 Å². The zero-order valence-corrected chi connectivity index (χ0v) is 13.6. The molecule has 0 aromatic rings. The van der Waals surface area contributed by atoms with Crippen LogP contribution in [-0.4, -0.2) is 63.1 Å². The predicted octanol–water partition coefficient (Wildman–Crippen LogP) is 3.78. The molecule has 0 radical (unpaired) electrons. The number of alkyl halides is 12. The van der Waals surface area contributed by atoms with Crippen LogP contribution >= 0.6 is 0 Å². The third-order valence-corrected chi connectivity index (χ3v) is 2.84. The Morgan fingerprint density at radius 1 is 0.750 bits per heavy atom. The first-order valence-electron chi connectivity index (χ1n) is 6.35. The van der Waals surface area contributed by atoms with Crippen molar-refractivity contribution in [2.75, 3.05) is 0 Å². The van der Waals surface area contributed by atoms with Gasteiger partial charge in [-0.3, -0.25) is 0 Å². The molecule has 0 unspecified atom stereocenters. The highest BCUT2D eigenvalue weighted by Gasteiger charge is 2.90. The van der Waals surface area contributed by atoms with Gasteiger partial charge in [0.15, 0.2) is 0 Å². The molecule has 168 valence electrons. The molecule has 0 atom stereocenters. The van der Waals surface area contributed by atoms with E-state index in [1.165, 1.54) is 6.92 Å². The number of carboxylic acids is 1. The molecule has 0 rings (SSSR count). The smallest absolute Gasteiger partial charge is 0.384 e. The summed E-state index contributed by atoms with van der Waals surface area (Å²) < 4.78 is 152. The lowest BCUT2D eigenvalue weighted by Crippen LogP contribution is -2.71. The number of hydrogen-bond acceptors (Lipinski definition) is 3. The molecule has 0 saturated carbocycles. The number of carbonyl (C=O) groups is 1. The SMILES string of the molecule is C=C(C)C(=O)O.CC(F)(F)C(F)(F)C(F)(F)C(F)(F)C(F)(F)C(F)(F)C(O)O. The molecule has 0 aliphatic carbocycles. The fourth-order valence-corrected chi connectivity index (χ4v) is 1.04. The molecule has 4 nitrogen and oxygen atoms in total. The van der Waals surface area contributed by atoms with E-state index < -0.39 is 54.7 Å². The molecule has 0 spiro atoms. The number of aliphatic hydroxyl groups excluding tert-OH is 1. The molecule has 0 fully saturated rings. The van der Waals surface area contributed by atoms with Gasteiger partial charge >= 0.3 is 41.5 Å². The summed E-state index contributed by atoms with van der Waals surface area (Å²) in [5.41, 5.74) is 0.176. The maximum Gasteiger partial charge on any atom is 0.384 e. The molecular weight excluding hydrogens is 436 g/mol. The number of aliphatic carboxylic acids is 1. The van der Waals surface area contributed by atoms with Gasteiger partial charge in [0.05, 0.1) is 0 Å². The van der Waals surface area contributed by atoms with Gasteiger partial charge in [0.1, 0.15) is 0 Å². The summed E-state index contributed by atoms with van der Waals surface area (Å²) in [6.07, 6.45) is -4.67. The molecule has 0 aliphatic rings. The highest BCUT2D eigenvalue weighted by molar-refractivity contribution is 5.84. The van der Waals surface area contributed by atoms with Crippen LogP contribution in [0.5, 0.6) is 0 Å². The fraction of sp³-hybridized carbons (Fsp3) is 0.750. The van der Waals surface area contributed by atoms with Gasteiger partial charge in [0.25, 0.3) is 0 Å². The minimum Gasteiger partial charge on any atom is -0.478 e. The van der Waals surface area contributed by atoms with Crippen molar-refractivity contribution in [3.05, 3.63) is 12.2 Å². The van der Waals surface area contributed by atoms with Crippen molar-refractivity contribution in [3.8, 4) is 0 Å². The zero-order valence-electron chi connectivity index (χ0n) is 13.6. The summed E-state index contributed by atoms with van der Waals surface area (Å²) in [6.45, 7) is 3.57. The highest BCUT2D eigenvalue weighted by atomic mass is 19.4. The number of halogens is 12. The minimum absolute atomic E-state index is 0.176. The number of carboxylic acid groups (broad SMARTS) is 1. The van der Waals surface area contributed by atoms with Crippen molar-refractivity contribution in [1.82, 2.24) is 0 Å². The molecule has 16 heteroatoms. The van der Waals surface area contributed by atoms with Gasteiger partial charge in [-0.05, 0) is 6.92 Å². The van der Waals surface area contributed by atoms with E-state index in [0.717, 1.165) is 0 Å². The van der Waals surface area contributed by atoms with Crippen molar-refractivity contribution in [1.29, 1.82) is 0 Å². The van der Waals surface area contributed by atoms with Gasteiger partial charge < -0.3 is 15.3 Å². The van der Waals surface area contributed by atoms with Gasteiger partial charge in [0, 0.05) is 12.5 Å². The monoisotopic (exact) mass is 448 g/mol. The van der Waals surface area contributed by atoms with Crippen LogP contribution in [0, 0.1) is 0 Å². The van der Waals surface area contributed by atoms with Crippen LogP contribution < -0.4 is 0 Å². The Morgan fingerprint density at radius 2 is 1.00 bits per heavy atom. The lowest BCUT2D eigenvalue weighted by molar-refractivity contribution is -0.437. The van der Waals surface area contributed by atoms with Crippen LogP contribution in [0.15, 0.2) is 12.2 Å². The molecular formula is C12H12F12O4. The summed E-state index contributed by atoms with van der Waals surface area (Å²) in [7, 11) is 0. The summed E-state index contributed by atoms with van der Waals surface area (Å²) >= 11 is 0. The Balaban J connectivity index is 0. The average Bonchev–Trinajstić information content (AvgIpc) is 2.45. The largest absolute Gasteiger partial charge is 0.478 e. The van der Waals surface area contributed by atoms with Gasteiger partial charge in [-0.15, -0.1) is 0 Å². The molecule has 3 N–H and O–H groups in total. The molecule has 0 heterocycles. The molecule has 0 aliphatic heterocycles. The summed E-state index contributed by atoms with van der Waals surface area (Å²) in [4.78, 5) is 9.60. The number of aliphatic hydroxyl groups is 2. The predicted molar refractivity (Wildman–Crippen MR) is 66.0 cm³/mol. The van der Waals surface area contributed by atoms with Gasteiger partial charge in [0.2, 0.25) is 6.29 Å². The maximum absolute atomic E-state index is 12.8. The van der Waals surface area contributed by atoms with Gasteiger partial charge in [-0.25, -0.2) is 4.79 Å². The van der Waals surface area contributed by atoms with Crippen molar-refractivity contribution in [2.45, 2.75) is 55.7 Å². The second kappa shape index (κ2) is 7.96. The highest BCUT2D eigenvalue weighted by Crippen LogP contribution is 2.60. The summed E-state index contributed by atoms with van der Waals surface area (Å²) in [6, 6.07) is 0. The summed E-state index contributed by atoms with van der Waals surface area (Å²) in [5.74, 6) is -43.8. The second-order valence-electron chi connectivity index (χ2n) is 5.27. The Morgan fingerprint density at radius 3 is 1.18 bits per heavy atom. The van der Waals surface area contributed by atoms with E-state index in [1.54, 1.807) is 0 Å². The standard InChI is InChI=1S/C8H6F12O2.C4H6O2/c1-3(9,10)5(13,14)7(17,18)8(19,20)6(15,16)4(11,12)2(21)22;1-3(2)4(5)6/h2,21-22H,1H3;1H2,2H3,(H,5,6). The minimum atomic E-state index is -7.77. The first kappa shape index (κ1) is 28.5. The molecule has 0 saturated heterocycles. The first-order chi connectivity index (χ1) is 11.8. The fourth-order valence-electron chi connectivity index (χ4n) is 1.04. The first-order valence-corrected chi connectivity index (χ1v) is 6.35. The maximum atomic E-state index is 12.8.